The zero-order chi connectivity index (χ0) is 13.7. The van der Waals surface area contributed by atoms with Gasteiger partial charge in [-0.25, -0.2) is 4.68 Å². The van der Waals surface area contributed by atoms with Gasteiger partial charge in [0.15, 0.2) is 0 Å². The van der Waals surface area contributed by atoms with Crippen molar-refractivity contribution in [3.05, 3.63) is 30.1 Å². The Labute approximate surface area is 119 Å². The van der Waals surface area contributed by atoms with Crippen LogP contribution >= 0.6 is 0 Å². The number of nitrogens with one attached hydrogen (secondary N) is 1. The molecule has 1 saturated carbocycles. The molecule has 0 spiro atoms. The fourth-order valence-electron chi connectivity index (χ4n) is 3.36. The third-order valence-electron chi connectivity index (χ3n) is 4.95. The molecule has 0 aromatic carbocycles. The fraction of sp³-hybridized carbons (Fsp3) is 0.500. The van der Waals surface area contributed by atoms with Crippen LogP contribution in [0.5, 0.6) is 0 Å². The van der Waals surface area contributed by atoms with Crippen molar-refractivity contribution in [1.82, 2.24) is 14.8 Å². The molecule has 4 rings (SSSR count). The molecular formula is C16H20N4. The molecule has 20 heavy (non-hydrogen) atoms. The lowest BCUT2D eigenvalue weighted by Crippen LogP contribution is -2.29. The van der Waals surface area contributed by atoms with Gasteiger partial charge in [0, 0.05) is 30.1 Å². The van der Waals surface area contributed by atoms with Gasteiger partial charge in [0.25, 0.3) is 0 Å². The first-order valence-corrected chi connectivity index (χ1v) is 7.42. The van der Waals surface area contributed by atoms with Gasteiger partial charge in [-0.15, -0.1) is 0 Å². The van der Waals surface area contributed by atoms with E-state index in [1.807, 2.05) is 24.5 Å². The van der Waals surface area contributed by atoms with Crippen LogP contribution in [-0.2, 0) is 0 Å². The molecule has 0 bridgehead atoms. The lowest BCUT2D eigenvalue weighted by molar-refractivity contribution is 0.285. The van der Waals surface area contributed by atoms with E-state index in [-0.39, 0.29) is 0 Å². The third-order valence-corrected chi connectivity index (χ3v) is 4.95. The van der Waals surface area contributed by atoms with Crippen molar-refractivity contribution in [2.75, 3.05) is 11.9 Å². The number of anilines is 1. The van der Waals surface area contributed by atoms with Gasteiger partial charge >= 0.3 is 0 Å². The van der Waals surface area contributed by atoms with Crippen molar-refractivity contribution in [3.63, 3.8) is 0 Å². The molecule has 104 valence electrons. The Hall–Kier alpha value is -1.84. The second kappa shape index (κ2) is 4.08. The van der Waals surface area contributed by atoms with Gasteiger partial charge in [0.2, 0.25) is 0 Å². The standard InChI is InChI=1S/C16H20N4/c1-11-14(12-3-8-17-9-4-12)19-20-13(16(2)6-7-16)5-10-18-15(11)20/h3-4,8-9,13,18H,5-7,10H2,1-2H3. The number of pyridine rings is 1. The first kappa shape index (κ1) is 11.9. The summed E-state index contributed by atoms with van der Waals surface area (Å²) in [7, 11) is 0. The van der Waals surface area contributed by atoms with Crippen LogP contribution in [0.3, 0.4) is 0 Å². The van der Waals surface area contributed by atoms with E-state index in [2.05, 4.69) is 28.8 Å². The molecule has 1 unspecified atom stereocenters. The van der Waals surface area contributed by atoms with Crippen LogP contribution in [-0.4, -0.2) is 21.3 Å². The topological polar surface area (TPSA) is 42.7 Å². The van der Waals surface area contributed by atoms with Gasteiger partial charge in [0.1, 0.15) is 5.82 Å². The molecule has 2 aromatic heterocycles. The second-order valence-corrected chi connectivity index (χ2v) is 6.39. The zero-order valence-corrected chi connectivity index (χ0v) is 12.1. The van der Waals surface area contributed by atoms with E-state index in [0.29, 0.717) is 11.5 Å². The van der Waals surface area contributed by atoms with Gasteiger partial charge in [-0.3, -0.25) is 4.98 Å². The van der Waals surface area contributed by atoms with Gasteiger partial charge in [-0.1, -0.05) is 6.92 Å². The predicted molar refractivity (Wildman–Crippen MR) is 79.7 cm³/mol. The van der Waals surface area contributed by atoms with Crippen LogP contribution in [0.2, 0.25) is 0 Å². The Balaban J connectivity index is 1.83. The maximum atomic E-state index is 4.93. The minimum Gasteiger partial charge on any atom is -0.370 e. The number of rotatable bonds is 2. The van der Waals surface area contributed by atoms with Crippen molar-refractivity contribution < 1.29 is 0 Å². The highest BCUT2D eigenvalue weighted by Crippen LogP contribution is 2.56. The number of nitrogens with zero attached hydrogens (tertiary/aromatic N) is 3. The molecule has 1 atom stereocenters. The summed E-state index contributed by atoms with van der Waals surface area (Å²) in [5.74, 6) is 1.21. The van der Waals surface area contributed by atoms with Crippen molar-refractivity contribution in [2.45, 2.75) is 39.2 Å². The van der Waals surface area contributed by atoms with E-state index in [4.69, 9.17) is 5.10 Å². The van der Waals surface area contributed by atoms with E-state index in [1.165, 1.54) is 30.6 Å². The van der Waals surface area contributed by atoms with E-state index in [0.717, 1.165) is 17.8 Å². The largest absolute Gasteiger partial charge is 0.370 e. The molecule has 1 aliphatic heterocycles. The normalized spacial score (nSPS) is 23.0. The summed E-state index contributed by atoms with van der Waals surface area (Å²) in [5.41, 5.74) is 3.96. The minimum atomic E-state index is 0.463. The van der Waals surface area contributed by atoms with Crippen LogP contribution in [0, 0.1) is 12.3 Å². The van der Waals surface area contributed by atoms with Crippen molar-refractivity contribution >= 4 is 5.82 Å². The molecule has 4 nitrogen and oxygen atoms in total. The number of fused-ring (bicyclic) bond motifs is 1. The predicted octanol–water partition coefficient (Wildman–Crippen LogP) is 3.41. The highest BCUT2D eigenvalue weighted by Gasteiger charge is 2.47. The van der Waals surface area contributed by atoms with Crippen molar-refractivity contribution in [2.24, 2.45) is 5.41 Å². The fourth-order valence-corrected chi connectivity index (χ4v) is 3.36. The highest BCUT2D eigenvalue weighted by atomic mass is 15.4. The Bertz CT molecular complexity index is 640. The van der Waals surface area contributed by atoms with Crippen LogP contribution in [0.15, 0.2) is 24.5 Å². The van der Waals surface area contributed by atoms with Crippen LogP contribution in [0.1, 0.15) is 37.8 Å². The maximum absolute atomic E-state index is 4.93. The lowest BCUT2D eigenvalue weighted by Gasteiger charge is -2.30. The highest BCUT2D eigenvalue weighted by molar-refractivity contribution is 5.69. The maximum Gasteiger partial charge on any atom is 0.128 e. The van der Waals surface area contributed by atoms with E-state index >= 15 is 0 Å². The summed E-state index contributed by atoms with van der Waals surface area (Å²) >= 11 is 0. The smallest absolute Gasteiger partial charge is 0.128 e. The second-order valence-electron chi connectivity index (χ2n) is 6.39. The summed E-state index contributed by atoms with van der Waals surface area (Å²) < 4.78 is 2.25. The average molecular weight is 268 g/mol. The molecule has 1 aliphatic carbocycles. The van der Waals surface area contributed by atoms with Gasteiger partial charge in [-0.05, 0) is 43.7 Å². The zero-order valence-electron chi connectivity index (χ0n) is 12.1. The van der Waals surface area contributed by atoms with E-state index in [9.17, 15) is 0 Å². The third kappa shape index (κ3) is 1.67. The molecule has 2 aliphatic rings. The molecule has 2 aromatic rings. The Morgan fingerprint density at radius 2 is 2.05 bits per heavy atom. The lowest BCUT2D eigenvalue weighted by atomic mass is 9.94. The summed E-state index contributed by atoms with van der Waals surface area (Å²) in [4.78, 5) is 4.10. The van der Waals surface area contributed by atoms with Gasteiger partial charge < -0.3 is 5.32 Å². The van der Waals surface area contributed by atoms with Crippen LogP contribution in [0.4, 0.5) is 5.82 Å². The molecule has 0 saturated heterocycles. The summed E-state index contributed by atoms with van der Waals surface area (Å²) in [6, 6.07) is 4.62. The van der Waals surface area contributed by atoms with E-state index in [1.54, 1.807) is 0 Å². The quantitative estimate of drug-likeness (QED) is 0.907. The average Bonchev–Trinajstić information content (AvgIpc) is 3.14. The first-order chi connectivity index (χ1) is 9.69. The number of hydrogen-bond acceptors (Lipinski definition) is 3. The van der Waals surface area contributed by atoms with Crippen LogP contribution < -0.4 is 5.32 Å². The first-order valence-electron chi connectivity index (χ1n) is 7.42. The Morgan fingerprint density at radius 1 is 1.30 bits per heavy atom. The van der Waals surface area contributed by atoms with Crippen molar-refractivity contribution in [1.29, 1.82) is 0 Å². The van der Waals surface area contributed by atoms with Gasteiger partial charge in [-0.2, -0.15) is 5.10 Å². The monoisotopic (exact) mass is 268 g/mol. The summed E-state index contributed by atoms with van der Waals surface area (Å²) in [5, 5.41) is 8.47. The molecular weight excluding hydrogens is 248 g/mol. The molecule has 1 N–H and O–H groups in total. The minimum absolute atomic E-state index is 0.463. The van der Waals surface area contributed by atoms with E-state index < -0.39 is 0 Å². The molecule has 1 fully saturated rings. The SMILES string of the molecule is Cc1c(-c2ccncc2)nn2c1NCCC2C1(C)CC1. The van der Waals surface area contributed by atoms with Crippen LogP contribution in [0.25, 0.3) is 11.3 Å². The molecule has 3 heterocycles. The summed E-state index contributed by atoms with van der Waals surface area (Å²) in [6.07, 6.45) is 7.52. The Kier molecular flexibility index (Phi) is 2.43. The molecule has 0 amide bonds. The summed E-state index contributed by atoms with van der Waals surface area (Å²) in [6.45, 7) is 5.62. The number of hydrogen-bond donors (Lipinski definition) is 1. The van der Waals surface area contributed by atoms with Crippen molar-refractivity contribution in [3.8, 4) is 11.3 Å². The Morgan fingerprint density at radius 3 is 2.75 bits per heavy atom. The molecule has 0 radical (unpaired) electrons. The molecule has 4 heteroatoms. The van der Waals surface area contributed by atoms with Gasteiger partial charge in [0.05, 0.1) is 11.7 Å². The number of aromatic nitrogens is 3.